The second-order valence-electron chi connectivity index (χ2n) is 5.31. The lowest BCUT2D eigenvalue weighted by atomic mass is 9.97. The van der Waals surface area contributed by atoms with Gasteiger partial charge in [0.25, 0.3) is 0 Å². The van der Waals surface area contributed by atoms with Gasteiger partial charge in [0, 0.05) is 6.07 Å². The molecule has 0 saturated heterocycles. The Hall–Kier alpha value is -2.22. The van der Waals surface area contributed by atoms with Gasteiger partial charge in [-0.2, -0.15) is 0 Å². The van der Waals surface area contributed by atoms with Crippen molar-refractivity contribution in [3.63, 3.8) is 0 Å². The molecule has 0 spiro atoms. The van der Waals surface area contributed by atoms with E-state index in [1.54, 1.807) is 14.2 Å². The minimum atomic E-state index is 0.819. The number of hydrogen-bond acceptors (Lipinski definition) is 2. The van der Waals surface area contributed by atoms with E-state index in [1.807, 2.05) is 6.07 Å². The molecule has 1 aliphatic rings. The van der Waals surface area contributed by atoms with E-state index < -0.39 is 0 Å². The topological polar surface area (TPSA) is 18.5 Å². The SMILES string of the molecule is CCC1=Cc2c(cccc2-c2cc(OC)cc(OC)c2)C1. The van der Waals surface area contributed by atoms with Crippen molar-refractivity contribution in [3.8, 4) is 22.6 Å². The Morgan fingerprint density at radius 2 is 1.71 bits per heavy atom. The molecule has 0 heterocycles. The van der Waals surface area contributed by atoms with Crippen LogP contribution in [0.2, 0.25) is 0 Å². The third kappa shape index (κ3) is 2.54. The summed E-state index contributed by atoms with van der Waals surface area (Å²) in [5, 5.41) is 0. The highest BCUT2D eigenvalue weighted by Crippen LogP contribution is 2.37. The molecular weight excluding hydrogens is 260 g/mol. The van der Waals surface area contributed by atoms with Crippen molar-refractivity contribution in [1.29, 1.82) is 0 Å². The standard InChI is InChI=1S/C19H20O2/c1-4-13-8-14-6-5-7-18(19(14)9-13)15-10-16(20-2)12-17(11-15)21-3/h5-7,9-12H,4,8H2,1-3H3. The zero-order valence-electron chi connectivity index (χ0n) is 12.8. The van der Waals surface area contributed by atoms with Gasteiger partial charge in [-0.05, 0) is 47.2 Å². The summed E-state index contributed by atoms with van der Waals surface area (Å²) in [6, 6.07) is 12.6. The van der Waals surface area contributed by atoms with Crippen LogP contribution in [0.25, 0.3) is 17.2 Å². The van der Waals surface area contributed by atoms with E-state index in [0.717, 1.165) is 29.9 Å². The third-order valence-electron chi connectivity index (χ3n) is 4.08. The number of methoxy groups -OCH3 is 2. The number of ether oxygens (including phenoxy) is 2. The average molecular weight is 280 g/mol. The zero-order valence-corrected chi connectivity index (χ0v) is 12.8. The maximum absolute atomic E-state index is 5.39. The van der Waals surface area contributed by atoms with Crippen molar-refractivity contribution in [2.24, 2.45) is 0 Å². The predicted octanol–water partition coefficient (Wildman–Crippen LogP) is 4.72. The van der Waals surface area contributed by atoms with Crippen molar-refractivity contribution in [3.05, 3.63) is 53.1 Å². The molecule has 108 valence electrons. The van der Waals surface area contributed by atoms with Crippen LogP contribution >= 0.6 is 0 Å². The van der Waals surface area contributed by atoms with Crippen molar-refractivity contribution in [2.75, 3.05) is 14.2 Å². The first-order valence-corrected chi connectivity index (χ1v) is 7.30. The van der Waals surface area contributed by atoms with E-state index in [1.165, 1.54) is 22.3 Å². The Morgan fingerprint density at radius 1 is 1.00 bits per heavy atom. The van der Waals surface area contributed by atoms with Gasteiger partial charge in [-0.3, -0.25) is 0 Å². The molecule has 0 fully saturated rings. The minimum Gasteiger partial charge on any atom is -0.497 e. The summed E-state index contributed by atoms with van der Waals surface area (Å²) in [6.45, 7) is 2.21. The Labute approximate surface area is 126 Å². The fourth-order valence-corrected chi connectivity index (χ4v) is 2.88. The first-order chi connectivity index (χ1) is 10.2. The lowest BCUT2D eigenvalue weighted by molar-refractivity contribution is 0.394. The maximum Gasteiger partial charge on any atom is 0.123 e. The second kappa shape index (κ2) is 5.65. The molecule has 3 rings (SSSR count). The van der Waals surface area contributed by atoms with Crippen molar-refractivity contribution in [1.82, 2.24) is 0 Å². The first kappa shape index (κ1) is 13.7. The molecule has 0 aliphatic heterocycles. The number of allylic oxidation sites excluding steroid dienone is 1. The van der Waals surface area contributed by atoms with Crippen molar-refractivity contribution < 1.29 is 9.47 Å². The number of benzene rings is 2. The molecule has 2 aromatic carbocycles. The summed E-state index contributed by atoms with van der Waals surface area (Å²) in [5.41, 5.74) is 6.62. The molecule has 2 heteroatoms. The quantitative estimate of drug-likeness (QED) is 0.806. The lowest BCUT2D eigenvalue weighted by Crippen LogP contribution is -1.91. The van der Waals surface area contributed by atoms with Crippen LogP contribution in [0.3, 0.4) is 0 Å². The van der Waals surface area contributed by atoms with Gasteiger partial charge in [-0.1, -0.05) is 36.8 Å². The molecule has 0 saturated carbocycles. The van der Waals surface area contributed by atoms with Crippen LogP contribution in [0.1, 0.15) is 24.5 Å². The normalized spacial score (nSPS) is 12.8. The van der Waals surface area contributed by atoms with Crippen LogP contribution in [0, 0.1) is 0 Å². The zero-order chi connectivity index (χ0) is 14.8. The van der Waals surface area contributed by atoms with Crippen molar-refractivity contribution >= 4 is 6.08 Å². The highest BCUT2D eigenvalue weighted by molar-refractivity contribution is 5.81. The van der Waals surface area contributed by atoms with E-state index in [-0.39, 0.29) is 0 Å². The molecule has 1 aliphatic carbocycles. The van der Waals surface area contributed by atoms with E-state index in [9.17, 15) is 0 Å². The minimum absolute atomic E-state index is 0.819. The van der Waals surface area contributed by atoms with Gasteiger partial charge in [0.15, 0.2) is 0 Å². The van der Waals surface area contributed by atoms with Crippen LogP contribution in [-0.4, -0.2) is 14.2 Å². The van der Waals surface area contributed by atoms with Gasteiger partial charge in [0.1, 0.15) is 11.5 Å². The molecular formula is C19H20O2. The Balaban J connectivity index is 2.14. The fraction of sp³-hybridized carbons (Fsp3) is 0.263. The maximum atomic E-state index is 5.39. The van der Waals surface area contributed by atoms with Crippen LogP contribution in [0.15, 0.2) is 42.0 Å². The van der Waals surface area contributed by atoms with Crippen LogP contribution in [0.5, 0.6) is 11.5 Å². The molecule has 0 atom stereocenters. The lowest BCUT2D eigenvalue weighted by Gasteiger charge is -2.11. The van der Waals surface area contributed by atoms with Gasteiger partial charge in [0.2, 0.25) is 0 Å². The van der Waals surface area contributed by atoms with E-state index >= 15 is 0 Å². The van der Waals surface area contributed by atoms with Gasteiger partial charge in [0.05, 0.1) is 14.2 Å². The predicted molar refractivity (Wildman–Crippen MR) is 87.0 cm³/mol. The Morgan fingerprint density at radius 3 is 2.33 bits per heavy atom. The van der Waals surface area contributed by atoms with E-state index in [0.29, 0.717) is 0 Å². The molecule has 0 radical (unpaired) electrons. The number of fused-ring (bicyclic) bond motifs is 1. The third-order valence-corrected chi connectivity index (χ3v) is 4.08. The van der Waals surface area contributed by atoms with Gasteiger partial charge in [-0.25, -0.2) is 0 Å². The summed E-state index contributed by atoms with van der Waals surface area (Å²) in [4.78, 5) is 0. The molecule has 2 aromatic rings. The van der Waals surface area contributed by atoms with Gasteiger partial charge in [-0.15, -0.1) is 0 Å². The second-order valence-corrected chi connectivity index (χ2v) is 5.31. The molecule has 2 nitrogen and oxygen atoms in total. The molecule has 0 bridgehead atoms. The Bertz CT molecular complexity index is 676. The van der Waals surface area contributed by atoms with Crippen LogP contribution < -0.4 is 9.47 Å². The summed E-state index contributed by atoms with van der Waals surface area (Å²) in [7, 11) is 3.37. The van der Waals surface area contributed by atoms with Crippen LogP contribution in [-0.2, 0) is 6.42 Å². The van der Waals surface area contributed by atoms with E-state index in [4.69, 9.17) is 9.47 Å². The number of hydrogen-bond donors (Lipinski definition) is 0. The van der Waals surface area contributed by atoms with Crippen LogP contribution in [0.4, 0.5) is 0 Å². The van der Waals surface area contributed by atoms with Crippen molar-refractivity contribution in [2.45, 2.75) is 19.8 Å². The first-order valence-electron chi connectivity index (χ1n) is 7.30. The molecule has 0 aromatic heterocycles. The summed E-state index contributed by atoms with van der Waals surface area (Å²) in [6.07, 6.45) is 4.51. The highest BCUT2D eigenvalue weighted by atomic mass is 16.5. The smallest absolute Gasteiger partial charge is 0.123 e. The average Bonchev–Trinajstić information content (AvgIpc) is 2.97. The summed E-state index contributed by atoms with van der Waals surface area (Å²) < 4.78 is 10.8. The molecule has 0 unspecified atom stereocenters. The molecule has 0 N–H and O–H groups in total. The highest BCUT2D eigenvalue weighted by Gasteiger charge is 2.16. The Kier molecular flexibility index (Phi) is 3.70. The fourth-order valence-electron chi connectivity index (χ4n) is 2.88. The summed E-state index contributed by atoms with van der Waals surface area (Å²) >= 11 is 0. The largest absolute Gasteiger partial charge is 0.497 e. The molecule has 21 heavy (non-hydrogen) atoms. The number of rotatable bonds is 4. The summed E-state index contributed by atoms with van der Waals surface area (Å²) in [5.74, 6) is 1.64. The van der Waals surface area contributed by atoms with Gasteiger partial charge < -0.3 is 9.47 Å². The van der Waals surface area contributed by atoms with Gasteiger partial charge >= 0.3 is 0 Å². The van der Waals surface area contributed by atoms with E-state index in [2.05, 4.69) is 43.3 Å². The monoisotopic (exact) mass is 280 g/mol. The molecule has 0 amide bonds.